The van der Waals surface area contributed by atoms with Gasteiger partial charge in [-0.2, -0.15) is 0 Å². The van der Waals surface area contributed by atoms with Crippen molar-refractivity contribution in [2.45, 2.75) is 52.4 Å². The number of fused-ring (bicyclic) bond motifs is 1. The van der Waals surface area contributed by atoms with Crippen LogP contribution in [0.15, 0.2) is 12.1 Å². The number of aryl methyl sites for hydroxylation is 2. The summed E-state index contributed by atoms with van der Waals surface area (Å²) in [4.78, 5) is 47.5. The molecule has 0 atom stereocenters. The van der Waals surface area contributed by atoms with E-state index in [-0.39, 0.29) is 45.9 Å². The highest BCUT2D eigenvalue weighted by molar-refractivity contribution is 6.13. The van der Waals surface area contributed by atoms with Gasteiger partial charge < -0.3 is 20.4 Å². The van der Waals surface area contributed by atoms with Crippen molar-refractivity contribution in [3.05, 3.63) is 45.5 Å². The van der Waals surface area contributed by atoms with Crippen LogP contribution in [0.1, 0.15) is 92.1 Å². The normalized spacial score (nSPS) is 10.9. The molecule has 0 heterocycles. The fourth-order valence-corrected chi connectivity index (χ4v) is 3.72. The molecule has 30 heavy (non-hydrogen) atoms. The van der Waals surface area contributed by atoms with Gasteiger partial charge in [0.15, 0.2) is 0 Å². The number of carboxylic acid groups (broad SMARTS) is 4. The number of rotatable bonds is 10. The van der Waals surface area contributed by atoms with Crippen LogP contribution in [0.2, 0.25) is 0 Å². The zero-order valence-electron chi connectivity index (χ0n) is 16.8. The molecule has 0 spiro atoms. The summed E-state index contributed by atoms with van der Waals surface area (Å²) in [5, 5.41) is 39.3. The minimum Gasteiger partial charge on any atom is -0.478 e. The van der Waals surface area contributed by atoms with Crippen LogP contribution >= 0.6 is 0 Å². The van der Waals surface area contributed by atoms with Crippen LogP contribution in [-0.2, 0) is 12.8 Å². The Morgan fingerprint density at radius 3 is 1.20 bits per heavy atom. The van der Waals surface area contributed by atoms with Crippen molar-refractivity contribution >= 4 is 34.6 Å². The molecule has 0 unspecified atom stereocenters. The average molecular weight is 416 g/mol. The summed E-state index contributed by atoms with van der Waals surface area (Å²) in [5.41, 5.74) is -1.20. The van der Waals surface area contributed by atoms with Gasteiger partial charge in [0.25, 0.3) is 0 Å². The summed E-state index contributed by atoms with van der Waals surface area (Å²) >= 11 is 0. The molecule has 0 aliphatic carbocycles. The lowest BCUT2D eigenvalue weighted by Crippen LogP contribution is -2.17. The number of aromatic carboxylic acids is 4. The maximum absolute atomic E-state index is 12.1. The molecular formula is C22H24O8. The van der Waals surface area contributed by atoms with E-state index < -0.39 is 35.0 Å². The van der Waals surface area contributed by atoms with Crippen molar-refractivity contribution in [2.24, 2.45) is 0 Å². The van der Waals surface area contributed by atoms with E-state index in [9.17, 15) is 39.6 Å². The Balaban J connectivity index is 3.15. The Morgan fingerprint density at radius 1 is 0.633 bits per heavy atom. The Bertz CT molecular complexity index is 953. The van der Waals surface area contributed by atoms with Crippen molar-refractivity contribution in [1.82, 2.24) is 0 Å². The minimum absolute atomic E-state index is 0.219. The number of hydrogen-bond acceptors (Lipinski definition) is 4. The summed E-state index contributed by atoms with van der Waals surface area (Å²) < 4.78 is 0. The van der Waals surface area contributed by atoms with Gasteiger partial charge in [0.05, 0.1) is 22.3 Å². The second-order valence-corrected chi connectivity index (χ2v) is 7.08. The standard InChI is InChI=1S/C22H24O8/c1-3-5-7-11-13-9-15(19(23)24)16(20(25)26)10-14(13)12(8-6-4-2)18(22(29)30)17(11)21(27)28/h9-10H,3-8H2,1-2H3,(H,23,24)(H,25,26)(H,27,28)(H,29,30). The van der Waals surface area contributed by atoms with E-state index in [4.69, 9.17) is 0 Å². The predicted octanol–water partition coefficient (Wildman–Crippen LogP) is 4.32. The minimum atomic E-state index is -1.45. The third-order valence-electron chi connectivity index (χ3n) is 5.11. The van der Waals surface area contributed by atoms with Gasteiger partial charge in [-0.05, 0) is 59.7 Å². The average Bonchev–Trinajstić information content (AvgIpc) is 2.68. The molecule has 0 fully saturated rings. The third kappa shape index (κ3) is 4.27. The fourth-order valence-electron chi connectivity index (χ4n) is 3.72. The van der Waals surface area contributed by atoms with E-state index >= 15 is 0 Å². The molecule has 8 heteroatoms. The van der Waals surface area contributed by atoms with Crippen LogP contribution in [0, 0.1) is 0 Å². The number of carboxylic acids is 4. The molecule has 4 N–H and O–H groups in total. The highest BCUT2D eigenvalue weighted by Crippen LogP contribution is 2.35. The fraction of sp³-hybridized carbons (Fsp3) is 0.364. The molecule has 0 saturated heterocycles. The van der Waals surface area contributed by atoms with Crippen LogP contribution in [-0.4, -0.2) is 44.3 Å². The van der Waals surface area contributed by atoms with Crippen molar-refractivity contribution in [1.29, 1.82) is 0 Å². The van der Waals surface area contributed by atoms with E-state index in [0.29, 0.717) is 25.7 Å². The first kappa shape index (κ1) is 22.9. The van der Waals surface area contributed by atoms with Crippen molar-refractivity contribution in [3.8, 4) is 0 Å². The van der Waals surface area contributed by atoms with E-state index in [1.807, 2.05) is 13.8 Å². The summed E-state index contributed by atoms with van der Waals surface area (Å²) in [7, 11) is 0. The molecule has 0 aromatic heterocycles. The highest BCUT2D eigenvalue weighted by atomic mass is 16.4. The Kier molecular flexibility index (Phi) is 7.15. The Morgan fingerprint density at radius 2 is 0.967 bits per heavy atom. The quantitative estimate of drug-likeness (QED) is 0.447. The van der Waals surface area contributed by atoms with Gasteiger partial charge in [-0.1, -0.05) is 26.7 Å². The largest absolute Gasteiger partial charge is 0.478 e. The van der Waals surface area contributed by atoms with Crippen LogP contribution in [0.25, 0.3) is 10.8 Å². The van der Waals surface area contributed by atoms with E-state index in [1.54, 1.807) is 0 Å². The number of benzene rings is 2. The highest BCUT2D eigenvalue weighted by Gasteiger charge is 2.29. The summed E-state index contributed by atoms with van der Waals surface area (Å²) in [6, 6.07) is 2.33. The molecular weight excluding hydrogens is 392 g/mol. The van der Waals surface area contributed by atoms with Gasteiger partial charge in [-0.15, -0.1) is 0 Å². The third-order valence-corrected chi connectivity index (χ3v) is 5.11. The predicted molar refractivity (Wildman–Crippen MR) is 109 cm³/mol. The SMILES string of the molecule is CCCCc1c(C(=O)O)c(C(=O)O)c(CCCC)c2cc(C(=O)O)c(C(=O)O)cc12. The monoisotopic (exact) mass is 416 g/mol. The van der Waals surface area contributed by atoms with Gasteiger partial charge >= 0.3 is 23.9 Å². The lowest BCUT2D eigenvalue weighted by atomic mass is 9.83. The number of hydrogen-bond donors (Lipinski definition) is 4. The van der Waals surface area contributed by atoms with E-state index in [1.165, 1.54) is 12.1 Å². The summed E-state index contributed by atoms with van der Waals surface area (Å²) in [6.07, 6.45) is 3.00. The van der Waals surface area contributed by atoms with Gasteiger partial charge in [0.1, 0.15) is 0 Å². The van der Waals surface area contributed by atoms with Gasteiger partial charge in [-0.3, -0.25) is 0 Å². The van der Waals surface area contributed by atoms with Crippen LogP contribution < -0.4 is 0 Å². The topological polar surface area (TPSA) is 149 Å². The molecule has 0 amide bonds. The van der Waals surface area contributed by atoms with Gasteiger partial charge in [0, 0.05) is 0 Å². The molecule has 0 aliphatic heterocycles. The van der Waals surface area contributed by atoms with E-state index in [2.05, 4.69) is 0 Å². The van der Waals surface area contributed by atoms with Crippen molar-refractivity contribution in [2.75, 3.05) is 0 Å². The number of unbranched alkanes of at least 4 members (excludes halogenated alkanes) is 2. The van der Waals surface area contributed by atoms with Gasteiger partial charge in [0.2, 0.25) is 0 Å². The first-order valence-electron chi connectivity index (χ1n) is 9.74. The lowest BCUT2D eigenvalue weighted by molar-refractivity contribution is 0.0649. The Hall–Kier alpha value is -3.42. The lowest BCUT2D eigenvalue weighted by Gasteiger charge is -2.20. The molecule has 0 saturated carbocycles. The molecule has 0 aliphatic rings. The Labute approximate surface area is 172 Å². The molecule has 8 nitrogen and oxygen atoms in total. The smallest absolute Gasteiger partial charge is 0.336 e. The second kappa shape index (κ2) is 9.39. The molecule has 0 bridgehead atoms. The molecule has 0 radical (unpaired) electrons. The van der Waals surface area contributed by atoms with Crippen LogP contribution in [0.5, 0.6) is 0 Å². The summed E-state index contributed by atoms with van der Waals surface area (Å²) in [6.45, 7) is 3.78. The van der Waals surface area contributed by atoms with Gasteiger partial charge in [-0.25, -0.2) is 19.2 Å². The molecule has 2 aromatic rings. The first-order valence-corrected chi connectivity index (χ1v) is 9.74. The number of carbonyl (C=O) groups is 4. The zero-order valence-corrected chi connectivity index (χ0v) is 16.8. The van der Waals surface area contributed by atoms with Crippen LogP contribution in [0.4, 0.5) is 0 Å². The molecule has 2 rings (SSSR count). The van der Waals surface area contributed by atoms with Crippen molar-refractivity contribution in [3.63, 3.8) is 0 Å². The second-order valence-electron chi connectivity index (χ2n) is 7.08. The van der Waals surface area contributed by atoms with E-state index in [0.717, 1.165) is 0 Å². The summed E-state index contributed by atoms with van der Waals surface area (Å²) in [5.74, 6) is -5.72. The first-order chi connectivity index (χ1) is 14.1. The maximum Gasteiger partial charge on any atom is 0.336 e. The molecule has 2 aromatic carbocycles. The van der Waals surface area contributed by atoms with Crippen LogP contribution in [0.3, 0.4) is 0 Å². The maximum atomic E-state index is 12.1. The molecule has 160 valence electrons. The zero-order chi connectivity index (χ0) is 22.6. The van der Waals surface area contributed by atoms with Crippen molar-refractivity contribution < 1.29 is 39.6 Å².